The van der Waals surface area contributed by atoms with Crippen LogP contribution >= 0.6 is 0 Å². The van der Waals surface area contributed by atoms with Crippen molar-refractivity contribution in [2.24, 2.45) is 4.99 Å². The van der Waals surface area contributed by atoms with Gasteiger partial charge in [-0.3, -0.25) is 9.79 Å². The Morgan fingerprint density at radius 2 is 2.19 bits per heavy atom. The summed E-state index contributed by atoms with van der Waals surface area (Å²) in [5.41, 5.74) is 3.03. The number of hydrogen-bond acceptors (Lipinski definition) is 2. The molecule has 0 spiro atoms. The monoisotopic (exact) mass is 215 g/mol. The van der Waals surface area contributed by atoms with E-state index in [4.69, 9.17) is 0 Å². The van der Waals surface area contributed by atoms with Crippen LogP contribution in [0.25, 0.3) is 0 Å². The summed E-state index contributed by atoms with van der Waals surface area (Å²) in [5.74, 6) is 0. The number of aryl methyl sites for hydroxylation is 1. The number of rotatable bonds is 5. The van der Waals surface area contributed by atoms with Crippen molar-refractivity contribution in [1.29, 1.82) is 0 Å². The molecular weight excluding hydrogens is 198 g/mol. The van der Waals surface area contributed by atoms with Crippen LogP contribution in [0.1, 0.15) is 28.4 Å². The van der Waals surface area contributed by atoms with E-state index < -0.39 is 0 Å². The quantitative estimate of drug-likeness (QED) is 0.548. The zero-order valence-corrected chi connectivity index (χ0v) is 9.81. The average Bonchev–Trinajstić information content (AvgIpc) is 2.30. The fourth-order valence-corrected chi connectivity index (χ4v) is 1.53. The molecule has 0 aliphatic heterocycles. The summed E-state index contributed by atoms with van der Waals surface area (Å²) < 4.78 is 0. The molecule has 0 aliphatic carbocycles. The number of aldehydes is 1. The molecule has 0 amide bonds. The Kier molecular flexibility index (Phi) is 5.20. The summed E-state index contributed by atoms with van der Waals surface area (Å²) in [6.45, 7) is 4.82. The fourth-order valence-electron chi connectivity index (χ4n) is 1.53. The van der Waals surface area contributed by atoms with E-state index in [1.54, 1.807) is 6.21 Å². The molecule has 2 nitrogen and oxygen atoms in total. The highest BCUT2D eigenvalue weighted by Gasteiger charge is 2.01. The Morgan fingerprint density at radius 3 is 2.88 bits per heavy atom. The lowest BCUT2D eigenvalue weighted by atomic mass is 10.00. The standard InChI is InChI=1S/C14H17NO/c1-3-15-10-5-4-9-14-12(2)7-6-8-13(14)11-16/h4-8,10-11H,3,9H2,1-2H3/b5-4-,15-10?. The predicted octanol–water partition coefficient (Wildman–Crippen LogP) is 3.00. The molecule has 0 saturated carbocycles. The number of allylic oxidation sites excluding steroid dienone is 2. The summed E-state index contributed by atoms with van der Waals surface area (Å²) >= 11 is 0. The highest BCUT2D eigenvalue weighted by Crippen LogP contribution is 2.13. The summed E-state index contributed by atoms with van der Waals surface area (Å²) in [4.78, 5) is 15.0. The Bertz CT molecular complexity index is 405. The van der Waals surface area contributed by atoms with Crippen molar-refractivity contribution in [2.75, 3.05) is 6.54 Å². The second-order valence-electron chi connectivity index (χ2n) is 3.54. The molecule has 0 heterocycles. The number of benzene rings is 1. The van der Waals surface area contributed by atoms with Crippen LogP contribution in [0.3, 0.4) is 0 Å². The normalized spacial score (nSPS) is 11.4. The lowest BCUT2D eigenvalue weighted by molar-refractivity contribution is 0.112. The van der Waals surface area contributed by atoms with E-state index in [-0.39, 0.29) is 0 Å². The van der Waals surface area contributed by atoms with E-state index in [9.17, 15) is 4.79 Å². The number of carbonyl (C=O) groups excluding carboxylic acids is 1. The molecule has 0 radical (unpaired) electrons. The molecule has 1 aromatic carbocycles. The van der Waals surface area contributed by atoms with Gasteiger partial charge in [-0.25, -0.2) is 0 Å². The molecule has 16 heavy (non-hydrogen) atoms. The van der Waals surface area contributed by atoms with Crippen LogP contribution in [0, 0.1) is 6.92 Å². The Labute approximate surface area is 96.7 Å². The summed E-state index contributed by atoms with van der Waals surface area (Å²) in [7, 11) is 0. The molecule has 0 N–H and O–H groups in total. The third kappa shape index (κ3) is 3.46. The molecule has 0 bridgehead atoms. The molecule has 0 atom stereocenters. The van der Waals surface area contributed by atoms with E-state index in [0.717, 1.165) is 35.9 Å². The molecule has 2 heteroatoms. The third-order valence-electron chi connectivity index (χ3n) is 2.41. The van der Waals surface area contributed by atoms with Crippen molar-refractivity contribution >= 4 is 12.5 Å². The first-order chi connectivity index (χ1) is 7.79. The highest BCUT2D eigenvalue weighted by atomic mass is 16.1. The smallest absolute Gasteiger partial charge is 0.150 e. The van der Waals surface area contributed by atoms with Gasteiger partial charge >= 0.3 is 0 Å². The molecule has 1 aromatic rings. The Hall–Kier alpha value is -1.70. The lowest BCUT2D eigenvalue weighted by Gasteiger charge is -2.05. The van der Waals surface area contributed by atoms with Crippen molar-refractivity contribution < 1.29 is 4.79 Å². The van der Waals surface area contributed by atoms with E-state index in [1.807, 2.05) is 44.2 Å². The van der Waals surface area contributed by atoms with Gasteiger partial charge in [-0.2, -0.15) is 0 Å². The van der Waals surface area contributed by atoms with E-state index in [2.05, 4.69) is 4.99 Å². The third-order valence-corrected chi connectivity index (χ3v) is 2.41. The highest BCUT2D eigenvalue weighted by molar-refractivity contribution is 5.78. The minimum atomic E-state index is 0.774. The van der Waals surface area contributed by atoms with Gasteiger partial charge in [-0.1, -0.05) is 24.3 Å². The van der Waals surface area contributed by atoms with Crippen molar-refractivity contribution in [1.82, 2.24) is 0 Å². The van der Waals surface area contributed by atoms with Crippen LogP contribution in [-0.4, -0.2) is 19.0 Å². The van der Waals surface area contributed by atoms with Crippen LogP contribution in [0.2, 0.25) is 0 Å². The minimum absolute atomic E-state index is 0.774. The summed E-state index contributed by atoms with van der Waals surface area (Å²) in [6.07, 6.45) is 7.42. The Morgan fingerprint density at radius 1 is 1.38 bits per heavy atom. The summed E-state index contributed by atoms with van der Waals surface area (Å²) in [5, 5.41) is 0. The van der Waals surface area contributed by atoms with Gasteiger partial charge in [0.05, 0.1) is 0 Å². The number of hydrogen-bond donors (Lipinski definition) is 0. The van der Waals surface area contributed by atoms with Gasteiger partial charge in [0, 0.05) is 18.3 Å². The second-order valence-corrected chi connectivity index (χ2v) is 3.54. The molecular formula is C14H17NO. The van der Waals surface area contributed by atoms with Gasteiger partial charge in [0.15, 0.2) is 0 Å². The van der Waals surface area contributed by atoms with Crippen molar-refractivity contribution in [3.63, 3.8) is 0 Å². The van der Waals surface area contributed by atoms with Crippen molar-refractivity contribution in [3.05, 3.63) is 47.0 Å². The zero-order valence-electron chi connectivity index (χ0n) is 9.81. The molecule has 0 aliphatic rings. The topological polar surface area (TPSA) is 29.4 Å². The van der Waals surface area contributed by atoms with Gasteiger partial charge in [-0.15, -0.1) is 0 Å². The van der Waals surface area contributed by atoms with Crippen molar-refractivity contribution in [3.8, 4) is 0 Å². The minimum Gasteiger partial charge on any atom is -0.298 e. The van der Waals surface area contributed by atoms with Crippen LogP contribution in [0.4, 0.5) is 0 Å². The molecule has 0 unspecified atom stereocenters. The maximum absolute atomic E-state index is 10.9. The number of nitrogens with zero attached hydrogens (tertiary/aromatic N) is 1. The lowest BCUT2D eigenvalue weighted by Crippen LogP contribution is -1.94. The van der Waals surface area contributed by atoms with E-state index >= 15 is 0 Å². The van der Waals surface area contributed by atoms with Crippen LogP contribution < -0.4 is 0 Å². The molecule has 0 fully saturated rings. The maximum atomic E-state index is 10.9. The van der Waals surface area contributed by atoms with Gasteiger partial charge in [0.2, 0.25) is 0 Å². The maximum Gasteiger partial charge on any atom is 0.150 e. The number of aliphatic imine (C=N–C) groups is 1. The van der Waals surface area contributed by atoms with Gasteiger partial charge in [0.25, 0.3) is 0 Å². The first-order valence-electron chi connectivity index (χ1n) is 5.48. The SMILES string of the molecule is CCN=C/C=C\Cc1c(C)cccc1C=O. The molecule has 0 saturated heterocycles. The average molecular weight is 215 g/mol. The first kappa shape index (κ1) is 12.4. The zero-order chi connectivity index (χ0) is 11.8. The van der Waals surface area contributed by atoms with Crippen LogP contribution in [-0.2, 0) is 6.42 Å². The van der Waals surface area contributed by atoms with Gasteiger partial charge in [0.1, 0.15) is 6.29 Å². The van der Waals surface area contributed by atoms with Crippen molar-refractivity contribution in [2.45, 2.75) is 20.3 Å². The molecule has 0 aromatic heterocycles. The predicted molar refractivity (Wildman–Crippen MR) is 68.4 cm³/mol. The fraction of sp³-hybridized carbons (Fsp3) is 0.286. The van der Waals surface area contributed by atoms with Crippen LogP contribution in [0.15, 0.2) is 35.3 Å². The second kappa shape index (κ2) is 6.72. The Balaban J connectivity index is 2.76. The van der Waals surface area contributed by atoms with E-state index in [1.165, 1.54) is 0 Å². The van der Waals surface area contributed by atoms with E-state index in [0.29, 0.717) is 0 Å². The largest absolute Gasteiger partial charge is 0.298 e. The van der Waals surface area contributed by atoms with Crippen LogP contribution in [0.5, 0.6) is 0 Å². The van der Waals surface area contributed by atoms with Gasteiger partial charge < -0.3 is 0 Å². The summed E-state index contributed by atoms with van der Waals surface area (Å²) in [6, 6.07) is 5.78. The first-order valence-corrected chi connectivity index (χ1v) is 5.48. The van der Waals surface area contributed by atoms with Gasteiger partial charge in [-0.05, 0) is 37.5 Å². The molecule has 84 valence electrons. The number of carbonyl (C=O) groups is 1. The molecule has 1 rings (SSSR count).